The van der Waals surface area contributed by atoms with Gasteiger partial charge < -0.3 is 26.4 Å². The number of carbonyl (C=O) groups is 3. The Morgan fingerprint density at radius 1 is 0.828 bits per heavy atom. The van der Waals surface area contributed by atoms with Gasteiger partial charge in [-0.3, -0.25) is 9.59 Å². The van der Waals surface area contributed by atoms with E-state index in [-0.39, 0.29) is 39.2 Å². The third kappa shape index (κ3) is 2.74. The van der Waals surface area contributed by atoms with Crippen LogP contribution in [0.15, 0.2) is 48.5 Å². The number of nitrogens with two attached hydrogens (primary N) is 1. The van der Waals surface area contributed by atoms with Gasteiger partial charge in [-0.15, -0.1) is 0 Å². The molecule has 0 aromatic heterocycles. The van der Waals surface area contributed by atoms with E-state index in [1.807, 2.05) is 0 Å². The van der Waals surface area contributed by atoms with Crippen LogP contribution in [0.1, 0.15) is 42.2 Å². The number of benzene rings is 3. The average molecular weight is 390 g/mol. The van der Waals surface area contributed by atoms with E-state index in [2.05, 4.69) is 5.32 Å². The molecule has 144 valence electrons. The molecule has 3 aromatic carbocycles. The van der Waals surface area contributed by atoms with Crippen molar-refractivity contribution in [3.63, 3.8) is 0 Å². The molecule has 6 N–H and O–H groups in total. The summed E-state index contributed by atoms with van der Waals surface area (Å²) in [4.78, 5) is 37.3. The number of nitrogen functional groups attached to an aromatic ring is 1. The van der Waals surface area contributed by atoms with Crippen molar-refractivity contribution >= 4 is 34.6 Å². The van der Waals surface area contributed by atoms with Gasteiger partial charge >= 0.3 is 5.97 Å². The fourth-order valence-corrected chi connectivity index (χ4v) is 3.38. The number of carboxylic acid groups (broad SMARTS) is 1. The second-order valence-electron chi connectivity index (χ2n) is 6.48. The molecule has 0 saturated carbocycles. The Kier molecular flexibility index (Phi) is 3.97. The number of anilines is 3. The minimum absolute atomic E-state index is 0.0176. The normalized spacial score (nSPS) is 12.3. The third-order valence-electron chi connectivity index (χ3n) is 4.70. The zero-order valence-corrected chi connectivity index (χ0v) is 14.8. The van der Waals surface area contributed by atoms with Gasteiger partial charge in [-0.2, -0.15) is 0 Å². The standard InChI is InChI=1S/C21H14N2O6/c22-11-4-6-13(24)17-15(11)19(26)16-12(5-7-14(25)18(16)20(17)27)23-10-3-1-2-9(8-10)21(28)29/h1-8,23-25H,22H2,(H,28,29). The predicted molar refractivity (Wildman–Crippen MR) is 104 cm³/mol. The maximum Gasteiger partial charge on any atom is 0.335 e. The summed E-state index contributed by atoms with van der Waals surface area (Å²) in [7, 11) is 0. The topological polar surface area (TPSA) is 150 Å². The van der Waals surface area contributed by atoms with Crippen molar-refractivity contribution in [2.45, 2.75) is 0 Å². The van der Waals surface area contributed by atoms with E-state index in [0.29, 0.717) is 5.69 Å². The molecule has 1 aliphatic carbocycles. The molecule has 4 rings (SSSR count). The minimum atomic E-state index is -1.12. The molecule has 0 fully saturated rings. The molecule has 8 heteroatoms. The number of aromatic hydroxyl groups is 2. The second-order valence-corrected chi connectivity index (χ2v) is 6.48. The molecule has 0 saturated heterocycles. The second kappa shape index (κ2) is 6.38. The van der Waals surface area contributed by atoms with Gasteiger partial charge in [0.05, 0.1) is 33.5 Å². The highest BCUT2D eigenvalue weighted by Gasteiger charge is 2.37. The van der Waals surface area contributed by atoms with E-state index >= 15 is 0 Å². The number of fused-ring (bicyclic) bond motifs is 2. The Bertz CT molecular complexity index is 1230. The lowest BCUT2D eigenvalue weighted by Crippen LogP contribution is -2.24. The van der Waals surface area contributed by atoms with Crippen LogP contribution in [-0.4, -0.2) is 32.9 Å². The van der Waals surface area contributed by atoms with Crippen molar-refractivity contribution in [1.82, 2.24) is 0 Å². The van der Waals surface area contributed by atoms with Crippen LogP contribution in [-0.2, 0) is 0 Å². The predicted octanol–water partition coefficient (Wildman–Crippen LogP) is 2.90. The van der Waals surface area contributed by atoms with Crippen LogP contribution in [0.5, 0.6) is 11.5 Å². The van der Waals surface area contributed by atoms with E-state index in [4.69, 9.17) is 10.8 Å². The summed E-state index contributed by atoms with van der Waals surface area (Å²) in [6.45, 7) is 0. The van der Waals surface area contributed by atoms with Gasteiger partial charge in [0, 0.05) is 11.4 Å². The van der Waals surface area contributed by atoms with Crippen LogP contribution in [0, 0.1) is 0 Å². The van der Waals surface area contributed by atoms with Crippen LogP contribution >= 0.6 is 0 Å². The SMILES string of the molecule is Nc1ccc(O)c2c1C(=O)c1c(Nc3cccc(C(=O)O)c3)ccc(O)c1C2=O. The van der Waals surface area contributed by atoms with E-state index < -0.39 is 29.0 Å². The number of nitrogens with one attached hydrogen (secondary N) is 1. The van der Waals surface area contributed by atoms with Crippen molar-refractivity contribution in [1.29, 1.82) is 0 Å². The average Bonchev–Trinajstić information content (AvgIpc) is 2.69. The quantitative estimate of drug-likeness (QED) is 0.265. The number of phenols is 2. The zero-order valence-electron chi connectivity index (χ0n) is 14.8. The van der Waals surface area contributed by atoms with E-state index in [1.165, 1.54) is 42.5 Å². The first-order chi connectivity index (χ1) is 13.8. The number of rotatable bonds is 3. The Morgan fingerprint density at radius 3 is 2.14 bits per heavy atom. The maximum atomic E-state index is 13.2. The highest BCUT2D eigenvalue weighted by atomic mass is 16.4. The van der Waals surface area contributed by atoms with Crippen LogP contribution < -0.4 is 11.1 Å². The van der Waals surface area contributed by atoms with Crippen LogP contribution in [0.25, 0.3) is 0 Å². The molecule has 0 unspecified atom stereocenters. The molecule has 0 spiro atoms. The largest absolute Gasteiger partial charge is 0.507 e. The van der Waals surface area contributed by atoms with Crippen molar-refractivity contribution in [3.8, 4) is 11.5 Å². The molecular weight excluding hydrogens is 376 g/mol. The van der Waals surface area contributed by atoms with Gasteiger partial charge in [0.25, 0.3) is 0 Å². The third-order valence-corrected chi connectivity index (χ3v) is 4.70. The molecule has 29 heavy (non-hydrogen) atoms. The first kappa shape index (κ1) is 18.1. The van der Waals surface area contributed by atoms with Crippen LogP contribution in [0.4, 0.5) is 17.1 Å². The smallest absolute Gasteiger partial charge is 0.335 e. The molecule has 0 atom stereocenters. The summed E-state index contributed by atoms with van der Waals surface area (Å²) in [5, 5.41) is 32.4. The highest BCUT2D eigenvalue weighted by Crippen LogP contribution is 2.42. The molecule has 8 nitrogen and oxygen atoms in total. The van der Waals surface area contributed by atoms with Crippen LogP contribution in [0.3, 0.4) is 0 Å². The first-order valence-electron chi connectivity index (χ1n) is 8.46. The van der Waals surface area contributed by atoms with Gasteiger partial charge in [-0.1, -0.05) is 6.07 Å². The Hall–Kier alpha value is -4.33. The summed E-state index contributed by atoms with van der Waals surface area (Å²) in [5.74, 6) is -3.33. The Balaban J connectivity index is 1.90. The lowest BCUT2D eigenvalue weighted by atomic mass is 9.81. The maximum absolute atomic E-state index is 13.2. The van der Waals surface area contributed by atoms with Crippen molar-refractivity contribution in [2.75, 3.05) is 11.1 Å². The van der Waals surface area contributed by atoms with E-state index in [9.17, 15) is 24.6 Å². The van der Waals surface area contributed by atoms with E-state index in [1.54, 1.807) is 6.07 Å². The fraction of sp³-hybridized carbons (Fsp3) is 0. The Morgan fingerprint density at radius 2 is 1.45 bits per heavy atom. The lowest BCUT2D eigenvalue weighted by Gasteiger charge is -2.23. The number of phenolic OH excluding ortho intramolecular Hbond substituents is 2. The molecule has 1 aliphatic rings. The van der Waals surface area contributed by atoms with Crippen molar-refractivity contribution < 1.29 is 29.7 Å². The number of carbonyl (C=O) groups excluding carboxylic acids is 2. The van der Waals surface area contributed by atoms with Crippen molar-refractivity contribution in [2.24, 2.45) is 0 Å². The first-order valence-corrected chi connectivity index (χ1v) is 8.46. The molecule has 0 aliphatic heterocycles. The summed E-state index contributed by atoms with van der Waals surface area (Å²) < 4.78 is 0. The summed E-state index contributed by atoms with van der Waals surface area (Å²) in [5.41, 5.74) is 5.71. The van der Waals surface area contributed by atoms with Crippen LogP contribution in [0.2, 0.25) is 0 Å². The van der Waals surface area contributed by atoms with E-state index in [0.717, 1.165) is 0 Å². The highest BCUT2D eigenvalue weighted by molar-refractivity contribution is 6.33. The molecule has 0 heterocycles. The number of carboxylic acids is 1. The lowest BCUT2D eigenvalue weighted by molar-refractivity contribution is 0.0696. The van der Waals surface area contributed by atoms with Gasteiger partial charge in [-0.25, -0.2) is 4.79 Å². The Labute approximate surface area is 163 Å². The van der Waals surface area contributed by atoms with Gasteiger partial charge in [0.15, 0.2) is 5.78 Å². The summed E-state index contributed by atoms with van der Waals surface area (Å²) in [6.07, 6.45) is 0. The van der Waals surface area contributed by atoms with Gasteiger partial charge in [0.2, 0.25) is 5.78 Å². The monoisotopic (exact) mass is 390 g/mol. The van der Waals surface area contributed by atoms with Gasteiger partial charge in [0.1, 0.15) is 11.5 Å². The summed E-state index contributed by atoms with van der Waals surface area (Å²) in [6, 6.07) is 11.1. The molecular formula is C21H14N2O6. The number of ketones is 2. The van der Waals surface area contributed by atoms with Crippen molar-refractivity contribution in [3.05, 3.63) is 76.3 Å². The molecule has 0 bridgehead atoms. The summed E-state index contributed by atoms with van der Waals surface area (Å²) >= 11 is 0. The zero-order chi connectivity index (χ0) is 20.9. The van der Waals surface area contributed by atoms with Gasteiger partial charge in [-0.05, 0) is 42.5 Å². The molecule has 0 amide bonds. The number of hydrogen-bond acceptors (Lipinski definition) is 7. The fourth-order valence-electron chi connectivity index (χ4n) is 3.38. The number of aromatic carboxylic acids is 1. The molecule has 0 radical (unpaired) electrons. The minimum Gasteiger partial charge on any atom is -0.507 e. The molecule has 3 aromatic rings. The number of hydrogen-bond donors (Lipinski definition) is 5.